The molecule has 6 atom stereocenters. The van der Waals surface area contributed by atoms with Gasteiger partial charge in [0.25, 0.3) is 5.91 Å². The number of anilines is 1. The van der Waals surface area contributed by atoms with Gasteiger partial charge in [0, 0.05) is 48.8 Å². The standard InChI is InChI=1S/C26H31BrClN3O5/c1-4-11-29(3)23(33)19-20-24(34)31(13-6-14-32)22(26(20)15-18(27)21(19)36-26)25(35)30(12-5-2)17-9-7-16(28)8-10-17/h4-5,7-10,18-22,32H,1-2,6,11-15H2,3H3/t18?,19-,20+,21-,22?,26?/m1/s1. The molecule has 0 radical (unpaired) electrons. The van der Waals surface area contributed by atoms with Gasteiger partial charge in [-0.1, -0.05) is 39.7 Å². The van der Waals surface area contributed by atoms with Crippen LogP contribution in [-0.4, -0.2) is 88.5 Å². The molecule has 0 aliphatic carbocycles. The number of hydrogen-bond donors (Lipinski definition) is 1. The van der Waals surface area contributed by atoms with Crippen LogP contribution < -0.4 is 4.90 Å². The molecule has 3 amide bonds. The Bertz CT molecular complexity index is 1050. The maximum atomic E-state index is 14.3. The monoisotopic (exact) mass is 579 g/mol. The highest BCUT2D eigenvalue weighted by Crippen LogP contribution is 2.60. The van der Waals surface area contributed by atoms with Crippen LogP contribution in [0.15, 0.2) is 49.6 Å². The van der Waals surface area contributed by atoms with Crippen molar-refractivity contribution in [3.63, 3.8) is 0 Å². The molecule has 10 heteroatoms. The van der Waals surface area contributed by atoms with E-state index in [1.807, 2.05) is 0 Å². The number of fused-ring (bicyclic) bond motifs is 1. The van der Waals surface area contributed by atoms with Gasteiger partial charge < -0.3 is 24.5 Å². The number of ether oxygens (including phenoxy) is 1. The average molecular weight is 581 g/mol. The lowest BCUT2D eigenvalue weighted by Gasteiger charge is -2.37. The maximum Gasteiger partial charge on any atom is 0.253 e. The molecule has 3 aliphatic rings. The van der Waals surface area contributed by atoms with Gasteiger partial charge in [0.1, 0.15) is 11.6 Å². The van der Waals surface area contributed by atoms with Crippen LogP contribution in [0.25, 0.3) is 0 Å². The van der Waals surface area contributed by atoms with Crippen molar-refractivity contribution in [1.29, 1.82) is 0 Å². The predicted molar refractivity (Wildman–Crippen MR) is 141 cm³/mol. The fraction of sp³-hybridized carbons (Fsp3) is 0.500. The number of aliphatic hydroxyl groups is 1. The first kappa shape index (κ1) is 26.9. The molecule has 3 heterocycles. The minimum atomic E-state index is -1.16. The summed E-state index contributed by atoms with van der Waals surface area (Å²) < 4.78 is 6.52. The summed E-state index contributed by atoms with van der Waals surface area (Å²) in [7, 11) is 1.67. The molecular weight excluding hydrogens is 550 g/mol. The highest BCUT2D eigenvalue weighted by Gasteiger charge is 2.76. The minimum Gasteiger partial charge on any atom is -0.396 e. The van der Waals surface area contributed by atoms with Crippen LogP contribution in [0.5, 0.6) is 0 Å². The normalized spacial score (nSPS) is 30.3. The first-order valence-corrected chi connectivity index (χ1v) is 13.3. The summed E-state index contributed by atoms with van der Waals surface area (Å²) in [6.07, 6.45) is 3.43. The molecular formula is C26H31BrClN3O5. The van der Waals surface area contributed by atoms with Gasteiger partial charge in [-0.3, -0.25) is 14.4 Å². The summed E-state index contributed by atoms with van der Waals surface area (Å²) in [6.45, 7) is 8.10. The smallest absolute Gasteiger partial charge is 0.253 e. The van der Waals surface area contributed by atoms with Crippen molar-refractivity contribution >= 4 is 50.9 Å². The fourth-order valence-corrected chi connectivity index (χ4v) is 7.00. The number of rotatable bonds is 10. The van der Waals surface area contributed by atoms with Crippen molar-refractivity contribution in [1.82, 2.24) is 9.80 Å². The van der Waals surface area contributed by atoms with Crippen molar-refractivity contribution in [2.75, 3.05) is 38.2 Å². The highest BCUT2D eigenvalue weighted by molar-refractivity contribution is 9.09. The van der Waals surface area contributed by atoms with Gasteiger partial charge >= 0.3 is 0 Å². The van der Waals surface area contributed by atoms with E-state index in [2.05, 4.69) is 29.1 Å². The molecule has 4 rings (SSSR count). The third-order valence-corrected chi connectivity index (χ3v) is 8.46. The van der Waals surface area contributed by atoms with Crippen LogP contribution in [0.2, 0.25) is 5.02 Å². The molecule has 1 aromatic carbocycles. The zero-order chi connectivity index (χ0) is 26.2. The van der Waals surface area contributed by atoms with Gasteiger partial charge in [-0.05, 0) is 37.1 Å². The Kier molecular flexibility index (Phi) is 7.95. The van der Waals surface area contributed by atoms with Crippen LogP contribution in [0.3, 0.4) is 0 Å². The van der Waals surface area contributed by atoms with Crippen molar-refractivity contribution < 1.29 is 24.2 Å². The average Bonchev–Trinajstić information content (AvgIpc) is 3.44. The Morgan fingerprint density at radius 1 is 1.25 bits per heavy atom. The van der Waals surface area contributed by atoms with E-state index in [0.717, 1.165) is 0 Å². The molecule has 0 aromatic heterocycles. The Morgan fingerprint density at radius 3 is 2.53 bits per heavy atom. The molecule has 1 spiro atoms. The Labute approximate surface area is 224 Å². The zero-order valence-corrected chi connectivity index (χ0v) is 22.5. The molecule has 3 saturated heterocycles. The van der Waals surface area contributed by atoms with Gasteiger partial charge in [-0.15, -0.1) is 13.2 Å². The third-order valence-electron chi connectivity index (χ3n) is 7.36. The molecule has 36 heavy (non-hydrogen) atoms. The van der Waals surface area contributed by atoms with E-state index in [1.165, 1.54) is 9.80 Å². The fourth-order valence-electron chi connectivity index (χ4n) is 5.93. The van der Waals surface area contributed by atoms with Gasteiger partial charge in [-0.2, -0.15) is 0 Å². The largest absolute Gasteiger partial charge is 0.396 e. The summed E-state index contributed by atoms with van der Waals surface area (Å²) in [5.41, 5.74) is -0.552. The second-order valence-electron chi connectivity index (χ2n) is 9.49. The van der Waals surface area contributed by atoms with Crippen molar-refractivity contribution in [3.8, 4) is 0 Å². The Morgan fingerprint density at radius 2 is 1.92 bits per heavy atom. The number of aliphatic hydroxyl groups excluding tert-OH is 1. The first-order valence-electron chi connectivity index (χ1n) is 12.0. The topological polar surface area (TPSA) is 90.4 Å². The number of halogens is 2. The van der Waals surface area contributed by atoms with Gasteiger partial charge in [0.15, 0.2) is 0 Å². The predicted octanol–water partition coefficient (Wildman–Crippen LogP) is 2.63. The van der Waals surface area contributed by atoms with E-state index in [0.29, 0.717) is 30.1 Å². The number of carbonyl (C=O) groups excluding carboxylic acids is 3. The minimum absolute atomic E-state index is 0.134. The lowest BCUT2D eigenvalue weighted by atomic mass is 9.70. The number of carbonyl (C=O) groups is 3. The number of benzene rings is 1. The van der Waals surface area contributed by atoms with Gasteiger partial charge in [0.2, 0.25) is 11.8 Å². The number of likely N-dealkylation sites (tertiary alicyclic amines) is 1. The summed E-state index contributed by atoms with van der Waals surface area (Å²) in [5.74, 6) is -2.33. The lowest BCUT2D eigenvalue weighted by Crippen LogP contribution is -2.57. The van der Waals surface area contributed by atoms with Gasteiger partial charge in [-0.25, -0.2) is 0 Å². The summed E-state index contributed by atoms with van der Waals surface area (Å²) in [5, 5.41) is 10.0. The number of hydrogen-bond acceptors (Lipinski definition) is 5. The summed E-state index contributed by atoms with van der Waals surface area (Å²) in [4.78, 5) is 46.1. The maximum absolute atomic E-state index is 14.3. The Hall–Kier alpha value is -2.20. The number of alkyl halides is 1. The lowest BCUT2D eigenvalue weighted by molar-refractivity contribution is -0.144. The molecule has 2 bridgehead atoms. The molecule has 1 N–H and O–H groups in total. The van der Waals surface area contributed by atoms with Crippen LogP contribution in [0.4, 0.5) is 5.69 Å². The van der Waals surface area contributed by atoms with Crippen LogP contribution in [-0.2, 0) is 19.1 Å². The molecule has 3 fully saturated rings. The second-order valence-corrected chi connectivity index (χ2v) is 11.1. The number of amides is 3. The highest BCUT2D eigenvalue weighted by atomic mass is 79.9. The number of nitrogens with zero attached hydrogens (tertiary/aromatic N) is 3. The first-order chi connectivity index (χ1) is 17.2. The Balaban J connectivity index is 1.78. The SMILES string of the molecule is C=CCN(C)C(=O)[C@H]1[C@@H]2OC3(CC2Br)C(C(=O)N(CC=C)c2ccc(Cl)cc2)N(CCCO)C(=O)[C@H]13. The van der Waals surface area contributed by atoms with E-state index in [9.17, 15) is 19.5 Å². The molecule has 194 valence electrons. The summed E-state index contributed by atoms with van der Waals surface area (Å²) >= 11 is 9.74. The van der Waals surface area contributed by atoms with Crippen molar-refractivity contribution in [2.45, 2.75) is 35.4 Å². The number of likely N-dealkylation sites (N-methyl/N-ethyl adjacent to an activating group) is 1. The molecule has 3 unspecified atom stereocenters. The van der Waals surface area contributed by atoms with E-state index in [4.69, 9.17) is 16.3 Å². The van der Waals surface area contributed by atoms with Crippen molar-refractivity contribution in [2.24, 2.45) is 11.8 Å². The molecule has 1 aromatic rings. The summed E-state index contributed by atoms with van der Waals surface area (Å²) in [6, 6.07) is 5.92. The van der Waals surface area contributed by atoms with E-state index >= 15 is 0 Å². The van der Waals surface area contributed by atoms with Crippen LogP contribution in [0.1, 0.15) is 12.8 Å². The zero-order valence-electron chi connectivity index (χ0n) is 20.2. The van der Waals surface area contributed by atoms with E-state index < -0.39 is 29.6 Å². The van der Waals surface area contributed by atoms with E-state index in [1.54, 1.807) is 48.4 Å². The molecule has 0 saturated carbocycles. The van der Waals surface area contributed by atoms with Gasteiger partial charge in [0.05, 0.1) is 17.9 Å². The van der Waals surface area contributed by atoms with E-state index in [-0.39, 0.29) is 42.2 Å². The third kappa shape index (κ3) is 4.30. The van der Waals surface area contributed by atoms with Crippen LogP contribution in [0, 0.1) is 11.8 Å². The van der Waals surface area contributed by atoms with Crippen LogP contribution >= 0.6 is 27.5 Å². The van der Waals surface area contributed by atoms with Crippen molar-refractivity contribution in [3.05, 3.63) is 54.6 Å². The second kappa shape index (κ2) is 10.7. The molecule has 8 nitrogen and oxygen atoms in total. The molecule has 3 aliphatic heterocycles. The quantitative estimate of drug-likeness (QED) is 0.340.